The number of carbonyl (C=O) groups excluding carboxylic acids is 2. The molecule has 0 bridgehead atoms. The van der Waals surface area contributed by atoms with Crippen molar-refractivity contribution in [3.8, 4) is 0 Å². The molecule has 2 atom stereocenters. The molecule has 0 saturated heterocycles. The fourth-order valence-electron chi connectivity index (χ4n) is 2.09. The minimum Gasteiger partial charge on any atom is -0.454 e. The van der Waals surface area contributed by atoms with Crippen LogP contribution in [0.2, 0.25) is 0 Å². The van der Waals surface area contributed by atoms with Gasteiger partial charge in [-0.05, 0) is 25.8 Å². The van der Waals surface area contributed by atoms with Gasteiger partial charge in [0.05, 0.1) is 6.61 Å². The van der Waals surface area contributed by atoms with Gasteiger partial charge >= 0.3 is 5.97 Å². The molecule has 1 N–H and O–H groups in total. The Kier molecular flexibility index (Phi) is 5.48. The molecule has 0 heterocycles. The van der Waals surface area contributed by atoms with Crippen LogP contribution in [0.25, 0.3) is 0 Å². The first kappa shape index (κ1) is 15.6. The van der Waals surface area contributed by atoms with Gasteiger partial charge in [0.2, 0.25) is 0 Å². The average Bonchev–Trinajstić information content (AvgIpc) is 2.38. The van der Waals surface area contributed by atoms with Gasteiger partial charge in [-0.1, -0.05) is 19.9 Å². The lowest BCUT2D eigenvalue weighted by molar-refractivity contribution is -0.146. The third-order valence-electron chi connectivity index (χ3n) is 3.59. The van der Waals surface area contributed by atoms with Crippen LogP contribution >= 0.6 is 0 Å². The first-order chi connectivity index (χ1) is 8.90. The summed E-state index contributed by atoms with van der Waals surface area (Å²) in [4.78, 5) is 23.6. The monoisotopic (exact) mass is 266 g/mol. The van der Waals surface area contributed by atoms with Crippen molar-refractivity contribution < 1.29 is 19.4 Å². The smallest absolute Gasteiger partial charge is 0.333 e. The normalized spacial score (nSPS) is 24.4. The van der Waals surface area contributed by atoms with Crippen molar-refractivity contribution in [2.24, 2.45) is 11.8 Å². The summed E-state index contributed by atoms with van der Waals surface area (Å²) >= 11 is 0. The minimum atomic E-state index is -0.442. The number of aliphatic hydroxyl groups excluding tert-OH is 1. The molecule has 4 nitrogen and oxygen atoms in total. The predicted octanol–water partition coefficient (Wildman–Crippen LogP) is 2.03. The number of ketones is 1. The van der Waals surface area contributed by atoms with Crippen molar-refractivity contribution in [1.82, 2.24) is 0 Å². The first-order valence-corrected chi connectivity index (χ1v) is 6.59. The second-order valence-corrected chi connectivity index (χ2v) is 5.23. The fourth-order valence-corrected chi connectivity index (χ4v) is 2.09. The van der Waals surface area contributed by atoms with Crippen molar-refractivity contribution in [3.63, 3.8) is 0 Å². The standard InChI is InChI=1S/C15H22O4/c1-5-10(4)15(18)19-14-6-11(8-16)13(17)7-12(14)9(2)3/h5-6,9,12,14,16H,7-8H2,1-4H3. The number of carbonyl (C=O) groups is 2. The van der Waals surface area contributed by atoms with E-state index >= 15 is 0 Å². The highest BCUT2D eigenvalue weighted by atomic mass is 16.5. The molecule has 1 aliphatic rings. The largest absolute Gasteiger partial charge is 0.454 e. The maximum atomic E-state index is 11.8. The number of rotatable bonds is 4. The van der Waals surface area contributed by atoms with E-state index in [0.717, 1.165) is 0 Å². The van der Waals surface area contributed by atoms with E-state index in [4.69, 9.17) is 9.84 Å². The van der Waals surface area contributed by atoms with Gasteiger partial charge in [-0.2, -0.15) is 0 Å². The molecule has 0 radical (unpaired) electrons. The van der Waals surface area contributed by atoms with Crippen LogP contribution in [0.5, 0.6) is 0 Å². The SMILES string of the molecule is CC=C(C)C(=O)OC1C=C(CO)C(=O)CC1C(C)C. The second kappa shape index (κ2) is 6.66. The van der Waals surface area contributed by atoms with Gasteiger partial charge in [0.15, 0.2) is 5.78 Å². The summed E-state index contributed by atoms with van der Waals surface area (Å²) in [5.41, 5.74) is 0.881. The number of aliphatic hydroxyl groups is 1. The quantitative estimate of drug-likeness (QED) is 0.624. The molecular formula is C15H22O4. The highest BCUT2D eigenvalue weighted by Gasteiger charge is 2.34. The van der Waals surface area contributed by atoms with Crippen molar-refractivity contribution in [2.75, 3.05) is 6.61 Å². The predicted molar refractivity (Wildman–Crippen MR) is 72.4 cm³/mol. The van der Waals surface area contributed by atoms with Crippen molar-refractivity contribution >= 4 is 11.8 Å². The van der Waals surface area contributed by atoms with E-state index < -0.39 is 6.10 Å². The summed E-state index contributed by atoms with van der Waals surface area (Å²) in [5.74, 6) is -0.238. The molecule has 1 rings (SSSR count). The molecule has 0 spiro atoms. The number of Topliss-reactive ketones (excluding diaryl/α,β-unsaturated/α-hetero) is 1. The van der Waals surface area contributed by atoms with E-state index in [-0.39, 0.29) is 30.2 Å². The maximum Gasteiger partial charge on any atom is 0.333 e. The zero-order valence-electron chi connectivity index (χ0n) is 12.0. The van der Waals surface area contributed by atoms with Crippen LogP contribution in [-0.4, -0.2) is 29.6 Å². The Bertz CT molecular complexity index is 418. The molecule has 0 amide bonds. The van der Waals surface area contributed by atoms with E-state index in [2.05, 4.69) is 0 Å². The van der Waals surface area contributed by atoms with Crippen LogP contribution in [0.1, 0.15) is 34.1 Å². The van der Waals surface area contributed by atoms with Gasteiger partial charge in [0.1, 0.15) is 6.10 Å². The van der Waals surface area contributed by atoms with Gasteiger partial charge in [-0.15, -0.1) is 0 Å². The van der Waals surface area contributed by atoms with Crippen molar-refractivity contribution in [2.45, 2.75) is 40.2 Å². The number of hydrogen-bond donors (Lipinski definition) is 1. The van der Waals surface area contributed by atoms with Crippen LogP contribution in [0.15, 0.2) is 23.3 Å². The number of hydrogen-bond acceptors (Lipinski definition) is 4. The molecule has 1 aliphatic carbocycles. The lowest BCUT2D eigenvalue weighted by Gasteiger charge is -2.31. The van der Waals surface area contributed by atoms with Crippen LogP contribution in [-0.2, 0) is 14.3 Å². The van der Waals surface area contributed by atoms with E-state index in [1.165, 1.54) is 0 Å². The summed E-state index contributed by atoms with van der Waals surface area (Å²) in [6.07, 6.45) is 3.16. The molecule has 0 aromatic heterocycles. The zero-order chi connectivity index (χ0) is 14.6. The van der Waals surface area contributed by atoms with E-state index in [9.17, 15) is 9.59 Å². The molecule has 19 heavy (non-hydrogen) atoms. The Morgan fingerprint density at radius 2 is 2.21 bits per heavy atom. The first-order valence-electron chi connectivity index (χ1n) is 6.59. The van der Waals surface area contributed by atoms with Gasteiger partial charge < -0.3 is 9.84 Å². The Balaban J connectivity index is 2.95. The summed E-state index contributed by atoms with van der Waals surface area (Å²) in [6.45, 7) is 7.16. The summed E-state index contributed by atoms with van der Waals surface area (Å²) < 4.78 is 5.45. The second-order valence-electron chi connectivity index (χ2n) is 5.23. The summed E-state index contributed by atoms with van der Waals surface area (Å²) in [5, 5.41) is 9.15. The van der Waals surface area contributed by atoms with Crippen molar-refractivity contribution in [3.05, 3.63) is 23.3 Å². The Labute approximate surface area is 114 Å². The van der Waals surface area contributed by atoms with Gasteiger partial charge in [-0.25, -0.2) is 4.79 Å². The molecule has 106 valence electrons. The van der Waals surface area contributed by atoms with Crippen LogP contribution < -0.4 is 0 Å². The molecule has 0 saturated carbocycles. The maximum absolute atomic E-state index is 11.8. The highest BCUT2D eigenvalue weighted by molar-refractivity contribution is 5.97. The van der Waals surface area contributed by atoms with E-state index in [0.29, 0.717) is 17.6 Å². The van der Waals surface area contributed by atoms with Gasteiger partial charge in [0.25, 0.3) is 0 Å². The van der Waals surface area contributed by atoms with E-state index in [1.807, 2.05) is 13.8 Å². The minimum absolute atomic E-state index is 0.0311. The number of ether oxygens (including phenoxy) is 1. The van der Waals surface area contributed by atoms with Crippen LogP contribution in [0, 0.1) is 11.8 Å². The molecule has 0 aliphatic heterocycles. The molecule has 2 unspecified atom stereocenters. The molecule has 0 aromatic carbocycles. The summed E-state index contributed by atoms with van der Waals surface area (Å²) in [7, 11) is 0. The van der Waals surface area contributed by atoms with Crippen molar-refractivity contribution in [1.29, 1.82) is 0 Å². The molecule has 4 heteroatoms. The average molecular weight is 266 g/mol. The van der Waals surface area contributed by atoms with Gasteiger partial charge in [-0.3, -0.25) is 4.79 Å². The molecule has 0 fully saturated rings. The fraction of sp³-hybridized carbons (Fsp3) is 0.600. The third-order valence-corrected chi connectivity index (χ3v) is 3.59. The lowest BCUT2D eigenvalue weighted by atomic mass is 9.79. The Morgan fingerprint density at radius 3 is 2.68 bits per heavy atom. The lowest BCUT2D eigenvalue weighted by Crippen LogP contribution is -2.36. The van der Waals surface area contributed by atoms with E-state index in [1.54, 1.807) is 26.0 Å². The number of esters is 1. The third kappa shape index (κ3) is 3.77. The number of allylic oxidation sites excluding steroid dienone is 1. The zero-order valence-corrected chi connectivity index (χ0v) is 12.0. The van der Waals surface area contributed by atoms with Gasteiger partial charge in [0, 0.05) is 23.5 Å². The Morgan fingerprint density at radius 1 is 1.58 bits per heavy atom. The summed E-state index contributed by atoms with van der Waals surface area (Å²) in [6, 6.07) is 0. The molecular weight excluding hydrogens is 244 g/mol. The Hall–Kier alpha value is -1.42. The van der Waals surface area contributed by atoms with Crippen LogP contribution in [0.3, 0.4) is 0 Å². The topological polar surface area (TPSA) is 63.6 Å². The molecule has 0 aromatic rings. The highest BCUT2D eigenvalue weighted by Crippen LogP contribution is 2.30. The van der Waals surface area contributed by atoms with Crippen LogP contribution in [0.4, 0.5) is 0 Å².